The number of hydrogen-bond donors (Lipinski definition) is 0. The summed E-state index contributed by atoms with van der Waals surface area (Å²) in [4.78, 5) is 0. The van der Waals surface area contributed by atoms with Crippen molar-refractivity contribution in [3.63, 3.8) is 0 Å². The van der Waals surface area contributed by atoms with E-state index in [9.17, 15) is 0 Å². The predicted molar refractivity (Wildman–Crippen MR) is 62.1 cm³/mol. The van der Waals surface area contributed by atoms with Crippen molar-refractivity contribution >= 4 is 0 Å². The molecule has 0 saturated heterocycles. The van der Waals surface area contributed by atoms with E-state index in [0.29, 0.717) is 0 Å². The van der Waals surface area contributed by atoms with Gasteiger partial charge < -0.3 is 0 Å². The van der Waals surface area contributed by atoms with E-state index in [-0.39, 0.29) is 19.2 Å². The van der Waals surface area contributed by atoms with Crippen molar-refractivity contribution in [3.05, 3.63) is 42.2 Å². The fraction of sp³-hybridized carbons (Fsp3) is 0.429. The van der Waals surface area contributed by atoms with Gasteiger partial charge in [-0.15, -0.1) is 0 Å². The molecule has 0 nitrogen and oxygen atoms in total. The Kier molecular flexibility index (Phi) is 3.18. The molecule has 2 rings (SSSR count). The molecular formula is C14H18Ti. The van der Waals surface area contributed by atoms with E-state index in [1.54, 1.807) is 30.0 Å². The topological polar surface area (TPSA) is 0 Å². The molecule has 0 atom stereocenters. The van der Waals surface area contributed by atoms with Crippen LogP contribution in [0.5, 0.6) is 0 Å². The van der Waals surface area contributed by atoms with Gasteiger partial charge in [0.25, 0.3) is 0 Å². The Morgan fingerprint density at radius 3 is 1.47 bits per heavy atom. The van der Waals surface area contributed by atoms with E-state index in [2.05, 4.69) is 39.8 Å². The zero-order valence-corrected chi connectivity index (χ0v) is 11.6. The monoisotopic (exact) mass is 234 g/mol. The molecule has 0 spiro atoms. The van der Waals surface area contributed by atoms with Crippen LogP contribution < -0.4 is 0 Å². The van der Waals surface area contributed by atoms with Crippen molar-refractivity contribution in [2.75, 3.05) is 0 Å². The maximum absolute atomic E-state index is 2.45. The van der Waals surface area contributed by atoms with Crippen molar-refractivity contribution in [3.8, 4) is 0 Å². The quantitative estimate of drug-likeness (QED) is 0.624. The molecule has 78 valence electrons. The molecule has 15 heavy (non-hydrogen) atoms. The first-order chi connectivity index (χ1) is 7.09. The molecule has 0 aromatic rings. The molecule has 0 aromatic carbocycles. The van der Waals surface area contributed by atoms with Crippen LogP contribution in [0.15, 0.2) is 42.2 Å². The summed E-state index contributed by atoms with van der Waals surface area (Å²) in [5.74, 6) is 0. The predicted octanol–water partition coefficient (Wildman–Crippen LogP) is 4.32. The third kappa shape index (κ3) is 2.12. The van der Waals surface area contributed by atoms with Crippen LogP contribution in [-0.4, -0.2) is 0 Å². The molecule has 1 heteroatoms. The summed E-state index contributed by atoms with van der Waals surface area (Å²) in [5, 5.41) is 0. The number of allylic oxidation sites excluding steroid dienone is 8. The van der Waals surface area contributed by atoms with E-state index < -0.39 is 0 Å². The van der Waals surface area contributed by atoms with Gasteiger partial charge in [-0.2, -0.15) is 0 Å². The second kappa shape index (κ2) is 4.27. The Hall–Kier alpha value is -0.326. The van der Waals surface area contributed by atoms with E-state index in [1.807, 2.05) is 0 Å². The van der Waals surface area contributed by atoms with Crippen molar-refractivity contribution < 1.29 is 19.2 Å². The fourth-order valence-electron chi connectivity index (χ4n) is 2.02. The average molecular weight is 234 g/mol. The van der Waals surface area contributed by atoms with Gasteiger partial charge in [0, 0.05) is 0 Å². The second-order valence-electron chi connectivity index (χ2n) is 4.58. The Bertz CT molecular complexity index is 377. The minimum absolute atomic E-state index is 0.0545. The first-order valence-corrected chi connectivity index (χ1v) is 7.16. The van der Waals surface area contributed by atoms with Gasteiger partial charge in [-0.25, -0.2) is 0 Å². The molecule has 2 aliphatic carbocycles. The minimum atomic E-state index is -0.0545. The van der Waals surface area contributed by atoms with Gasteiger partial charge in [-0.1, -0.05) is 0 Å². The Morgan fingerprint density at radius 2 is 1.20 bits per heavy atom. The molecule has 0 heterocycles. The van der Waals surface area contributed by atoms with Crippen LogP contribution in [-0.2, 0) is 19.2 Å². The van der Waals surface area contributed by atoms with Gasteiger partial charge >= 0.3 is 102 Å². The van der Waals surface area contributed by atoms with Crippen LogP contribution in [0.4, 0.5) is 0 Å². The molecule has 0 aromatic heterocycles. The van der Waals surface area contributed by atoms with Crippen LogP contribution in [0.25, 0.3) is 0 Å². The summed E-state index contributed by atoms with van der Waals surface area (Å²) >= 11 is -0.0545. The molecule has 0 bridgehead atoms. The molecule has 0 saturated carbocycles. The number of hydrogen-bond acceptors (Lipinski definition) is 0. The summed E-state index contributed by atoms with van der Waals surface area (Å²) < 4.78 is 3.35. The van der Waals surface area contributed by atoms with Gasteiger partial charge in [0.2, 0.25) is 0 Å². The second-order valence-corrected chi connectivity index (χ2v) is 6.65. The van der Waals surface area contributed by atoms with Gasteiger partial charge in [0.1, 0.15) is 0 Å². The summed E-state index contributed by atoms with van der Waals surface area (Å²) in [7, 11) is 0. The molecule has 0 N–H and O–H groups in total. The molecule has 2 aliphatic rings. The van der Waals surface area contributed by atoms with Gasteiger partial charge in [0.05, 0.1) is 0 Å². The summed E-state index contributed by atoms with van der Waals surface area (Å²) in [6.07, 6.45) is 7.29. The summed E-state index contributed by atoms with van der Waals surface area (Å²) in [5.41, 5.74) is 6.30. The summed E-state index contributed by atoms with van der Waals surface area (Å²) in [6.45, 7) is 9.11. The average Bonchev–Trinajstić information content (AvgIpc) is 2.68. The van der Waals surface area contributed by atoms with Gasteiger partial charge in [0.15, 0.2) is 0 Å². The van der Waals surface area contributed by atoms with Crippen molar-refractivity contribution in [2.24, 2.45) is 0 Å². The Labute approximate surface area is 102 Å². The fourth-order valence-corrected chi connectivity index (χ4v) is 4.36. The van der Waals surface area contributed by atoms with E-state index in [0.717, 1.165) is 0 Å². The van der Waals surface area contributed by atoms with Crippen molar-refractivity contribution in [1.82, 2.24) is 0 Å². The third-order valence-electron chi connectivity index (χ3n) is 3.58. The number of rotatable bonds is 2. The Balaban J connectivity index is 2.13. The summed E-state index contributed by atoms with van der Waals surface area (Å²) in [6, 6.07) is 0. The standard InChI is InChI=1S/2C7H9.Ti/c2*1-6-4-3-5-7(6)2;/h2*3H,4H2,1-2H3;. The van der Waals surface area contributed by atoms with Crippen LogP contribution in [0, 0.1) is 0 Å². The van der Waals surface area contributed by atoms with Crippen LogP contribution in [0.2, 0.25) is 0 Å². The first-order valence-electron chi connectivity index (χ1n) is 5.60. The van der Waals surface area contributed by atoms with E-state index in [4.69, 9.17) is 0 Å². The van der Waals surface area contributed by atoms with Crippen LogP contribution in [0.3, 0.4) is 0 Å². The van der Waals surface area contributed by atoms with Gasteiger partial charge in [-0.05, 0) is 0 Å². The van der Waals surface area contributed by atoms with E-state index >= 15 is 0 Å². The molecule has 0 radical (unpaired) electrons. The normalized spacial score (nSPS) is 21.1. The molecule has 0 aliphatic heterocycles. The maximum atomic E-state index is 2.45. The first kappa shape index (κ1) is 11.2. The molecule has 0 fully saturated rings. The van der Waals surface area contributed by atoms with Gasteiger partial charge in [-0.3, -0.25) is 0 Å². The van der Waals surface area contributed by atoms with E-state index in [1.165, 1.54) is 12.8 Å². The molecule has 0 unspecified atom stereocenters. The van der Waals surface area contributed by atoms with Crippen LogP contribution >= 0.6 is 0 Å². The zero-order valence-electron chi connectivity index (χ0n) is 10.1. The third-order valence-corrected chi connectivity index (χ3v) is 6.23. The SMILES string of the molecule is CC1=C(C)[C]([Ti][C]2=CCC(C)=C2C)=CC1. The molecule has 0 amide bonds. The van der Waals surface area contributed by atoms with Crippen LogP contribution in [0.1, 0.15) is 40.5 Å². The van der Waals surface area contributed by atoms with Crippen molar-refractivity contribution in [1.29, 1.82) is 0 Å². The van der Waals surface area contributed by atoms with Crippen molar-refractivity contribution in [2.45, 2.75) is 40.5 Å². The zero-order chi connectivity index (χ0) is 11.0. The molecular weight excluding hydrogens is 216 g/mol. The Morgan fingerprint density at radius 1 is 0.800 bits per heavy atom.